The van der Waals surface area contributed by atoms with Crippen molar-refractivity contribution in [1.82, 2.24) is 9.97 Å². The van der Waals surface area contributed by atoms with Gasteiger partial charge in [0.2, 0.25) is 0 Å². The molecule has 0 atom stereocenters. The van der Waals surface area contributed by atoms with Gasteiger partial charge in [-0.2, -0.15) is 0 Å². The van der Waals surface area contributed by atoms with Crippen LogP contribution in [0.1, 0.15) is 0 Å². The van der Waals surface area contributed by atoms with Crippen molar-refractivity contribution < 1.29 is 9.47 Å². The Labute approximate surface area is 103 Å². The van der Waals surface area contributed by atoms with Gasteiger partial charge < -0.3 is 20.2 Å². The molecule has 94 valence electrons. The Balaban J connectivity index is 2.58. The number of nitrogen functional groups attached to an aromatic ring is 1. The normalized spacial score (nSPS) is 10.1. The van der Waals surface area contributed by atoms with Crippen molar-refractivity contribution in [3.8, 4) is 22.8 Å². The Kier molecular flexibility index (Phi) is 3.18. The molecule has 0 bridgehead atoms. The van der Waals surface area contributed by atoms with Gasteiger partial charge in [0.15, 0.2) is 11.5 Å². The minimum Gasteiger partial charge on any atom is -0.493 e. The van der Waals surface area contributed by atoms with Crippen molar-refractivity contribution in [3.63, 3.8) is 0 Å². The molecule has 0 amide bonds. The molecule has 1 heterocycles. The van der Waals surface area contributed by atoms with Crippen LogP contribution in [0.3, 0.4) is 0 Å². The van der Waals surface area contributed by atoms with Gasteiger partial charge >= 0.3 is 0 Å². The first-order valence-electron chi connectivity index (χ1n) is 5.23. The average Bonchev–Trinajstić information content (AvgIpc) is 2.41. The SMILES string of the molecule is COc1ccc(-c2nc[nH]c(=O)c2N)cc1OC. The molecule has 1 aromatic heterocycles. The van der Waals surface area contributed by atoms with Gasteiger partial charge in [0.05, 0.1) is 20.5 Å². The van der Waals surface area contributed by atoms with E-state index < -0.39 is 0 Å². The highest BCUT2D eigenvalue weighted by atomic mass is 16.5. The van der Waals surface area contributed by atoms with Crippen LogP contribution in [0.4, 0.5) is 5.69 Å². The Morgan fingerprint density at radius 3 is 2.61 bits per heavy atom. The molecule has 0 aliphatic heterocycles. The molecule has 0 saturated heterocycles. The van der Waals surface area contributed by atoms with Crippen molar-refractivity contribution in [2.24, 2.45) is 0 Å². The number of nitrogens with zero attached hydrogens (tertiary/aromatic N) is 1. The smallest absolute Gasteiger partial charge is 0.274 e. The fraction of sp³-hybridized carbons (Fsp3) is 0.167. The van der Waals surface area contributed by atoms with Gasteiger partial charge in [0.25, 0.3) is 5.56 Å². The molecule has 0 spiro atoms. The van der Waals surface area contributed by atoms with Crippen LogP contribution >= 0.6 is 0 Å². The number of aromatic nitrogens is 2. The molecule has 6 heteroatoms. The summed E-state index contributed by atoms with van der Waals surface area (Å²) in [6.07, 6.45) is 1.31. The number of hydrogen-bond donors (Lipinski definition) is 2. The van der Waals surface area contributed by atoms with Crippen LogP contribution in [0, 0.1) is 0 Å². The summed E-state index contributed by atoms with van der Waals surface area (Å²) >= 11 is 0. The summed E-state index contributed by atoms with van der Waals surface area (Å²) in [5.74, 6) is 1.15. The standard InChI is InChI=1S/C12H13N3O3/c1-17-8-4-3-7(5-9(8)18-2)11-10(13)12(16)15-6-14-11/h3-6H,13H2,1-2H3,(H,14,15,16). The molecule has 18 heavy (non-hydrogen) atoms. The summed E-state index contributed by atoms with van der Waals surface area (Å²) < 4.78 is 10.3. The third-order valence-corrected chi connectivity index (χ3v) is 2.55. The van der Waals surface area contributed by atoms with Gasteiger partial charge in [0, 0.05) is 5.56 Å². The summed E-state index contributed by atoms with van der Waals surface area (Å²) in [5.41, 5.74) is 6.51. The molecule has 0 saturated carbocycles. The summed E-state index contributed by atoms with van der Waals surface area (Å²) in [5, 5.41) is 0. The van der Waals surface area contributed by atoms with Gasteiger partial charge in [-0.05, 0) is 18.2 Å². The number of rotatable bonds is 3. The lowest BCUT2D eigenvalue weighted by molar-refractivity contribution is 0.355. The molecule has 3 N–H and O–H groups in total. The molecule has 0 unspecified atom stereocenters. The first-order valence-corrected chi connectivity index (χ1v) is 5.23. The predicted octanol–water partition coefficient (Wildman–Crippen LogP) is 1.04. The van der Waals surface area contributed by atoms with Crippen LogP contribution in [0.15, 0.2) is 29.3 Å². The maximum atomic E-state index is 11.4. The molecule has 0 fully saturated rings. The molecular formula is C12H13N3O3. The summed E-state index contributed by atoms with van der Waals surface area (Å²) in [6.45, 7) is 0. The fourth-order valence-electron chi connectivity index (χ4n) is 1.62. The first kappa shape index (κ1) is 12.0. The van der Waals surface area contributed by atoms with E-state index in [0.717, 1.165) is 0 Å². The topological polar surface area (TPSA) is 90.2 Å². The van der Waals surface area contributed by atoms with E-state index in [0.29, 0.717) is 22.8 Å². The molecule has 0 aliphatic carbocycles. The lowest BCUT2D eigenvalue weighted by Gasteiger charge is -2.09. The van der Waals surface area contributed by atoms with Crippen LogP contribution in [0.25, 0.3) is 11.3 Å². The molecule has 0 radical (unpaired) electrons. The molecule has 2 rings (SSSR count). The van der Waals surface area contributed by atoms with Gasteiger partial charge in [-0.15, -0.1) is 0 Å². The highest BCUT2D eigenvalue weighted by Crippen LogP contribution is 2.32. The molecule has 0 aliphatic rings. The summed E-state index contributed by atoms with van der Waals surface area (Å²) in [7, 11) is 3.09. The second-order valence-electron chi connectivity index (χ2n) is 3.56. The van der Waals surface area contributed by atoms with E-state index in [1.54, 1.807) is 25.3 Å². The van der Waals surface area contributed by atoms with Crippen molar-refractivity contribution in [2.75, 3.05) is 20.0 Å². The highest BCUT2D eigenvalue weighted by molar-refractivity contribution is 5.73. The maximum Gasteiger partial charge on any atom is 0.274 e. The zero-order chi connectivity index (χ0) is 13.1. The second kappa shape index (κ2) is 4.79. The van der Waals surface area contributed by atoms with Crippen molar-refractivity contribution in [1.29, 1.82) is 0 Å². The monoisotopic (exact) mass is 247 g/mol. The molecular weight excluding hydrogens is 234 g/mol. The van der Waals surface area contributed by atoms with E-state index >= 15 is 0 Å². The summed E-state index contributed by atoms with van der Waals surface area (Å²) in [4.78, 5) is 17.9. The second-order valence-corrected chi connectivity index (χ2v) is 3.56. The van der Waals surface area contributed by atoms with E-state index in [2.05, 4.69) is 9.97 Å². The third kappa shape index (κ3) is 2.00. The number of anilines is 1. The predicted molar refractivity (Wildman–Crippen MR) is 67.8 cm³/mol. The number of nitrogens with one attached hydrogen (secondary N) is 1. The van der Waals surface area contributed by atoms with Crippen molar-refractivity contribution >= 4 is 5.69 Å². The van der Waals surface area contributed by atoms with E-state index in [4.69, 9.17) is 15.2 Å². The van der Waals surface area contributed by atoms with Gasteiger partial charge in [-0.1, -0.05) is 0 Å². The Morgan fingerprint density at radius 1 is 1.22 bits per heavy atom. The number of ether oxygens (including phenoxy) is 2. The van der Waals surface area contributed by atoms with Crippen LogP contribution in [-0.2, 0) is 0 Å². The molecule has 2 aromatic rings. The fourth-order valence-corrected chi connectivity index (χ4v) is 1.62. The zero-order valence-corrected chi connectivity index (χ0v) is 10.1. The quantitative estimate of drug-likeness (QED) is 0.845. The largest absolute Gasteiger partial charge is 0.493 e. The number of benzene rings is 1. The summed E-state index contributed by atoms with van der Waals surface area (Å²) in [6, 6.07) is 5.22. The van der Waals surface area contributed by atoms with E-state index in [9.17, 15) is 4.79 Å². The highest BCUT2D eigenvalue weighted by Gasteiger charge is 2.11. The van der Waals surface area contributed by atoms with Gasteiger partial charge in [-0.3, -0.25) is 4.79 Å². The number of aromatic amines is 1. The van der Waals surface area contributed by atoms with E-state index in [1.807, 2.05) is 0 Å². The molecule has 1 aromatic carbocycles. The van der Waals surface area contributed by atoms with Crippen LogP contribution in [0.2, 0.25) is 0 Å². The number of H-pyrrole nitrogens is 1. The van der Waals surface area contributed by atoms with Crippen LogP contribution in [0.5, 0.6) is 11.5 Å². The van der Waals surface area contributed by atoms with Crippen LogP contribution in [-0.4, -0.2) is 24.2 Å². The Hall–Kier alpha value is -2.50. The van der Waals surface area contributed by atoms with E-state index in [1.165, 1.54) is 13.4 Å². The van der Waals surface area contributed by atoms with Gasteiger partial charge in [0.1, 0.15) is 11.4 Å². The third-order valence-electron chi connectivity index (χ3n) is 2.55. The number of hydrogen-bond acceptors (Lipinski definition) is 5. The van der Waals surface area contributed by atoms with Crippen molar-refractivity contribution in [3.05, 3.63) is 34.9 Å². The van der Waals surface area contributed by atoms with Crippen molar-refractivity contribution in [2.45, 2.75) is 0 Å². The first-order chi connectivity index (χ1) is 8.67. The zero-order valence-electron chi connectivity index (χ0n) is 10.1. The van der Waals surface area contributed by atoms with Gasteiger partial charge in [-0.25, -0.2) is 4.98 Å². The lowest BCUT2D eigenvalue weighted by atomic mass is 10.1. The average molecular weight is 247 g/mol. The number of nitrogens with two attached hydrogens (primary N) is 1. The Morgan fingerprint density at radius 2 is 1.94 bits per heavy atom. The minimum atomic E-state index is -0.366. The lowest BCUT2D eigenvalue weighted by Crippen LogP contribution is -2.13. The maximum absolute atomic E-state index is 11.4. The number of methoxy groups -OCH3 is 2. The molecule has 6 nitrogen and oxygen atoms in total. The Bertz CT molecular complexity index is 622. The van der Waals surface area contributed by atoms with E-state index in [-0.39, 0.29) is 11.2 Å². The van der Waals surface area contributed by atoms with Crippen LogP contribution < -0.4 is 20.8 Å². The minimum absolute atomic E-state index is 0.0738.